The van der Waals surface area contributed by atoms with Gasteiger partial charge in [-0.3, -0.25) is 14.8 Å². The summed E-state index contributed by atoms with van der Waals surface area (Å²) in [6.45, 7) is 0. The van der Waals surface area contributed by atoms with E-state index in [0.717, 1.165) is 4.57 Å². The summed E-state index contributed by atoms with van der Waals surface area (Å²) in [4.78, 5) is 23.6. The van der Waals surface area contributed by atoms with Crippen molar-refractivity contribution in [1.29, 1.82) is 0 Å². The van der Waals surface area contributed by atoms with Gasteiger partial charge in [-0.15, -0.1) is 0 Å². The van der Waals surface area contributed by atoms with E-state index in [2.05, 4.69) is 15.8 Å². The number of anilines is 1. The highest BCUT2D eigenvalue weighted by Gasteiger charge is 2.05. The van der Waals surface area contributed by atoms with Crippen LogP contribution in [0.2, 0.25) is 0 Å². The van der Waals surface area contributed by atoms with E-state index in [4.69, 9.17) is 17.0 Å². The largest absolute Gasteiger partial charge is 0.495 e. The highest BCUT2D eigenvalue weighted by molar-refractivity contribution is 7.80. The lowest BCUT2D eigenvalue weighted by Crippen LogP contribution is -2.38. The second-order valence-electron chi connectivity index (χ2n) is 4.87. The number of para-hydroxylation sites is 2. The molecule has 9 heteroatoms. The maximum atomic E-state index is 12.0. The van der Waals surface area contributed by atoms with E-state index in [1.54, 1.807) is 26.3 Å². The Bertz CT molecular complexity index is 901. The lowest BCUT2D eigenvalue weighted by molar-refractivity contribution is 0.417. The van der Waals surface area contributed by atoms with Gasteiger partial charge in [0.1, 0.15) is 5.75 Å². The average Bonchev–Trinajstić information content (AvgIpc) is 2.58. The van der Waals surface area contributed by atoms with Crippen LogP contribution in [0.3, 0.4) is 0 Å². The monoisotopic (exact) mass is 347 g/mol. The van der Waals surface area contributed by atoms with Crippen LogP contribution in [-0.2, 0) is 14.1 Å². The number of hydrogen-bond acceptors (Lipinski definition) is 5. The molecule has 0 saturated carbocycles. The summed E-state index contributed by atoms with van der Waals surface area (Å²) in [5.41, 5.74) is 2.71. The topological polar surface area (TPSA) is 89.7 Å². The summed E-state index contributed by atoms with van der Waals surface area (Å²) >= 11 is 5.13. The highest BCUT2D eigenvalue weighted by Crippen LogP contribution is 2.22. The van der Waals surface area contributed by atoms with E-state index < -0.39 is 11.2 Å². The van der Waals surface area contributed by atoms with Crippen LogP contribution in [0.25, 0.3) is 0 Å². The first-order valence-corrected chi connectivity index (χ1v) is 7.34. The van der Waals surface area contributed by atoms with E-state index >= 15 is 0 Å². The van der Waals surface area contributed by atoms with Crippen LogP contribution in [0, 0.1) is 0 Å². The molecule has 0 atom stereocenters. The van der Waals surface area contributed by atoms with Crippen molar-refractivity contribution < 1.29 is 4.74 Å². The molecule has 126 valence electrons. The van der Waals surface area contributed by atoms with E-state index in [1.165, 1.54) is 24.0 Å². The molecule has 0 spiro atoms. The molecule has 2 N–H and O–H groups in total. The molecule has 8 nitrogen and oxygen atoms in total. The fraction of sp³-hybridized carbons (Fsp3) is 0.200. The predicted octanol–water partition coefficient (Wildman–Crippen LogP) is 0.413. The summed E-state index contributed by atoms with van der Waals surface area (Å²) in [6.07, 6.45) is 2.71. The Labute approximate surface area is 143 Å². The third-order valence-corrected chi connectivity index (χ3v) is 3.39. The number of thiocarbonyl (C=S) groups is 1. The third kappa shape index (κ3) is 3.87. The van der Waals surface area contributed by atoms with Crippen LogP contribution in [0.5, 0.6) is 5.75 Å². The van der Waals surface area contributed by atoms with Gasteiger partial charge >= 0.3 is 5.69 Å². The van der Waals surface area contributed by atoms with Gasteiger partial charge in [-0.2, -0.15) is 5.10 Å². The van der Waals surface area contributed by atoms with Crippen molar-refractivity contribution in [3.05, 3.63) is 56.9 Å². The van der Waals surface area contributed by atoms with Crippen LogP contribution in [0.15, 0.2) is 45.2 Å². The van der Waals surface area contributed by atoms with Crippen molar-refractivity contribution in [1.82, 2.24) is 14.6 Å². The van der Waals surface area contributed by atoms with Crippen LogP contribution in [0.4, 0.5) is 5.69 Å². The van der Waals surface area contributed by atoms with Gasteiger partial charge in [0.2, 0.25) is 0 Å². The average molecular weight is 347 g/mol. The molecule has 2 aromatic rings. The van der Waals surface area contributed by atoms with Crippen molar-refractivity contribution in [2.45, 2.75) is 0 Å². The first-order chi connectivity index (χ1) is 11.4. The molecule has 0 aliphatic heterocycles. The van der Waals surface area contributed by atoms with E-state index in [9.17, 15) is 9.59 Å². The van der Waals surface area contributed by atoms with Gasteiger partial charge in [-0.25, -0.2) is 4.79 Å². The molecule has 0 aliphatic carbocycles. The normalized spacial score (nSPS) is 10.6. The summed E-state index contributed by atoms with van der Waals surface area (Å²) in [7, 11) is 4.52. The summed E-state index contributed by atoms with van der Waals surface area (Å²) in [5.74, 6) is 0.637. The number of ether oxygens (including phenoxy) is 1. The third-order valence-electron chi connectivity index (χ3n) is 3.20. The SMILES string of the molecule is COc1ccccc1NC(=S)NN=Cc1cn(C)c(=O)n(C)c1=O. The Morgan fingerprint density at radius 1 is 1.29 bits per heavy atom. The minimum Gasteiger partial charge on any atom is -0.495 e. The van der Waals surface area contributed by atoms with Gasteiger partial charge in [0.25, 0.3) is 5.56 Å². The van der Waals surface area contributed by atoms with Crippen molar-refractivity contribution in [3.63, 3.8) is 0 Å². The number of nitrogens with zero attached hydrogens (tertiary/aromatic N) is 3. The smallest absolute Gasteiger partial charge is 0.330 e. The van der Waals surface area contributed by atoms with Gasteiger partial charge in [0, 0.05) is 20.3 Å². The van der Waals surface area contributed by atoms with Crippen LogP contribution >= 0.6 is 12.2 Å². The molecule has 1 aromatic carbocycles. The Morgan fingerprint density at radius 3 is 2.71 bits per heavy atom. The second-order valence-corrected chi connectivity index (χ2v) is 5.27. The molecule has 0 bridgehead atoms. The van der Waals surface area contributed by atoms with Crippen molar-refractivity contribution in [2.75, 3.05) is 12.4 Å². The molecule has 0 radical (unpaired) electrons. The first-order valence-electron chi connectivity index (χ1n) is 6.93. The zero-order chi connectivity index (χ0) is 17.7. The number of benzene rings is 1. The number of aryl methyl sites for hydroxylation is 1. The molecule has 0 amide bonds. The van der Waals surface area contributed by atoms with Crippen LogP contribution in [-0.4, -0.2) is 27.6 Å². The number of hydrogen-bond donors (Lipinski definition) is 2. The summed E-state index contributed by atoms with van der Waals surface area (Å²) in [6, 6.07) is 7.28. The molecule has 0 saturated heterocycles. The maximum absolute atomic E-state index is 12.0. The number of hydrazone groups is 1. The first kappa shape index (κ1) is 17.4. The van der Waals surface area contributed by atoms with Crippen LogP contribution in [0.1, 0.15) is 5.56 Å². The van der Waals surface area contributed by atoms with Crippen molar-refractivity contribution in [3.8, 4) is 5.75 Å². The minimum atomic E-state index is -0.438. The number of aromatic nitrogens is 2. The van der Waals surface area contributed by atoms with Gasteiger partial charge < -0.3 is 14.6 Å². The minimum absolute atomic E-state index is 0.234. The van der Waals surface area contributed by atoms with Crippen molar-refractivity contribution >= 4 is 29.2 Å². The van der Waals surface area contributed by atoms with E-state index in [1.807, 2.05) is 12.1 Å². The number of nitrogens with one attached hydrogen (secondary N) is 2. The number of methoxy groups -OCH3 is 1. The van der Waals surface area contributed by atoms with Crippen molar-refractivity contribution in [2.24, 2.45) is 19.2 Å². The molecule has 0 unspecified atom stereocenters. The lowest BCUT2D eigenvalue weighted by atomic mass is 10.3. The molecular formula is C15H17N5O3S. The molecule has 24 heavy (non-hydrogen) atoms. The predicted molar refractivity (Wildman–Crippen MR) is 96.9 cm³/mol. The fourth-order valence-corrected chi connectivity index (χ4v) is 2.15. The maximum Gasteiger partial charge on any atom is 0.330 e. The molecule has 2 rings (SSSR count). The van der Waals surface area contributed by atoms with Gasteiger partial charge in [0.15, 0.2) is 5.11 Å². The molecular weight excluding hydrogens is 330 g/mol. The highest BCUT2D eigenvalue weighted by atomic mass is 32.1. The number of rotatable bonds is 4. The lowest BCUT2D eigenvalue weighted by Gasteiger charge is -2.10. The molecule has 0 aliphatic rings. The Hall–Kier alpha value is -2.94. The Kier molecular flexibility index (Phi) is 5.48. The summed E-state index contributed by atoms with van der Waals surface area (Å²) < 4.78 is 7.51. The van der Waals surface area contributed by atoms with Gasteiger partial charge in [0.05, 0.1) is 24.6 Å². The van der Waals surface area contributed by atoms with E-state index in [-0.39, 0.29) is 10.7 Å². The van der Waals surface area contributed by atoms with Crippen LogP contribution < -0.4 is 26.7 Å². The van der Waals surface area contributed by atoms with Gasteiger partial charge in [-0.1, -0.05) is 12.1 Å². The Morgan fingerprint density at radius 2 is 2.00 bits per heavy atom. The fourth-order valence-electron chi connectivity index (χ4n) is 1.98. The van der Waals surface area contributed by atoms with Gasteiger partial charge in [-0.05, 0) is 24.4 Å². The summed E-state index contributed by atoms with van der Waals surface area (Å²) in [5, 5.41) is 7.09. The zero-order valence-electron chi connectivity index (χ0n) is 13.4. The molecule has 0 fully saturated rings. The molecule has 1 aromatic heterocycles. The standard InChI is InChI=1S/C15H17N5O3S/c1-19-9-10(13(21)20(2)15(19)22)8-16-18-14(24)17-11-6-4-5-7-12(11)23-3/h4-9H,1-3H3,(H2,17,18,24). The Balaban J connectivity index is 2.08. The quantitative estimate of drug-likeness (QED) is 0.473. The molecule has 1 heterocycles. The van der Waals surface area contributed by atoms with E-state index in [0.29, 0.717) is 11.4 Å². The second kappa shape index (κ2) is 7.55. The zero-order valence-corrected chi connectivity index (χ0v) is 14.3.